The highest BCUT2D eigenvalue weighted by Crippen LogP contribution is 2.25. The summed E-state index contributed by atoms with van der Waals surface area (Å²) in [6.07, 6.45) is 2.45. The Morgan fingerprint density at radius 1 is 1.35 bits per heavy atom. The van der Waals surface area contributed by atoms with Gasteiger partial charge in [0.15, 0.2) is 0 Å². The van der Waals surface area contributed by atoms with E-state index in [2.05, 4.69) is 15.5 Å². The van der Waals surface area contributed by atoms with Crippen LogP contribution in [-0.4, -0.2) is 16.7 Å². The first-order chi connectivity index (χ1) is 8.26. The van der Waals surface area contributed by atoms with Gasteiger partial charge in [0.25, 0.3) is 5.89 Å². The van der Waals surface area contributed by atoms with E-state index in [-0.39, 0.29) is 6.04 Å². The first kappa shape index (κ1) is 11.9. The van der Waals surface area contributed by atoms with Crippen LogP contribution < -0.4 is 5.32 Å². The normalized spacial score (nSPS) is 12.9. The van der Waals surface area contributed by atoms with Crippen molar-refractivity contribution in [1.82, 2.24) is 15.5 Å². The van der Waals surface area contributed by atoms with Crippen LogP contribution in [0.3, 0.4) is 0 Å². The monoisotopic (exact) mass is 235 g/mol. The number of nitrogens with one attached hydrogen (secondary N) is 1. The van der Waals surface area contributed by atoms with Gasteiger partial charge in [-0.1, -0.05) is 13.8 Å². The van der Waals surface area contributed by atoms with Gasteiger partial charge in [0, 0.05) is 6.42 Å². The van der Waals surface area contributed by atoms with E-state index in [0.29, 0.717) is 11.8 Å². The molecule has 0 bridgehead atoms. The van der Waals surface area contributed by atoms with Crippen LogP contribution >= 0.6 is 0 Å². The zero-order chi connectivity index (χ0) is 12.3. The Morgan fingerprint density at radius 3 is 2.88 bits per heavy atom. The molecule has 0 spiro atoms. The molecule has 2 heterocycles. The Kier molecular flexibility index (Phi) is 3.58. The summed E-state index contributed by atoms with van der Waals surface area (Å²) in [7, 11) is 0. The van der Waals surface area contributed by atoms with Gasteiger partial charge < -0.3 is 14.2 Å². The van der Waals surface area contributed by atoms with Gasteiger partial charge in [0.1, 0.15) is 5.76 Å². The Bertz CT molecular complexity index is 476. The van der Waals surface area contributed by atoms with E-state index in [1.54, 1.807) is 6.26 Å². The molecule has 2 rings (SSSR count). The molecule has 5 heteroatoms. The molecule has 0 fully saturated rings. The van der Waals surface area contributed by atoms with Crippen LogP contribution in [0.2, 0.25) is 0 Å². The summed E-state index contributed by atoms with van der Waals surface area (Å²) >= 11 is 0. The molecule has 2 aromatic rings. The average Bonchev–Trinajstić information content (AvgIpc) is 2.97. The van der Waals surface area contributed by atoms with Gasteiger partial charge in [0.05, 0.1) is 17.9 Å². The molecule has 0 aliphatic carbocycles. The molecule has 0 saturated heterocycles. The number of furan rings is 1. The molecule has 0 saturated carbocycles. The van der Waals surface area contributed by atoms with Crippen LogP contribution in [0.15, 0.2) is 21.2 Å². The van der Waals surface area contributed by atoms with Crippen molar-refractivity contribution in [3.05, 3.63) is 24.0 Å². The molecule has 0 aliphatic heterocycles. The van der Waals surface area contributed by atoms with E-state index in [1.807, 2.05) is 26.8 Å². The van der Waals surface area contributed by atoms with Gasteiger partial charge in [0.2, 0.25) is 5.89 Å². The van der Waals surface area contributed by atoms with Crippen molar-refractivity contribution in [2.24, 2.45) is 0 Å². The number of aromatic nitrogens is 2. The molecule has 2 aromatic heterocycles. The van der Waals surface area contributed by atoms with Crippen LogP contribution in [-0.2, 0) is 6.42 Å². The van der Waals surface area contributed by atoms with Crippen LogP contribution in [0.4, 0.5) is 0 Å². The molecule has 0 radical (unpaired) electrons. The fraction of sp³-hybridized carbons (Fsp3) is 0.500. The number of aryl methyl sites for hydroxylation is 1. The van der Waals surface area contributed by atoms with Crippen molar-refractivity contribution in [3.63, 3.8) is 0 Å². The Hall–Kier alpha value is -1.62. The summed E-state index contributed by atoms with van der Waals surface area (Å²) < 4.78 is 11.0. The number of hydrogen-bond acceptors (Lipinski definition) is 5. The summed E-state index contributed by atoms with van der Waals surface area (Å²) in [6.45, 7) is 6.93. The SMILES string of the molecule is CCNC(C)c1nnc(-c2ccoc2CC)o1. The molecule has 5 nitrogen and oxygen atoms in total. The quantitative estimate of drug-likeness (QED) is 0.862. The van der Waals surface area contributed by atoms with Crippen molar-refractivity contribution in [2.45, 2.75) is 33.2 Å². The highest BCUT2D eigenvalue weighted by atomic mass is 16.4. The van der Waals surface area contributed by atoms with E-state index in [0.717, 1.165) is 24.3 Å². The minimum atomic E-state index is 0.0678. The summed E-state index contributed by atoms with van der Waals surface area (Å²) in [5, 5.41) is 11.3. The molecule has 1 N–H and O–H groups in total. The second-order valence-corrected chi connectivity index (χ2v) is 3.84. The molecule has 1 atom stereocenters. The fourth-order valence-corrected chi connectivity index (χ4v) is 1.72. The van der Waals surface area contributed by atoms with Gasteiger partial charge in [-0.3, -0.25) is 0 Å². The topological polar surface area (TPSA) is 64.1 Å². The van der Waals surface area contributed by atoms with E-state index in [4.69, 9.17) is 8.83 Å². The maximum atomic E-state index is 5.64. The summed E-state index contributed by atoms with van der Waals surface area (Å²) in [6, 6.07) is 1.92. The Balaban J connectivity index is 2.23. The molecular weight excluding hydrogens is 218 g/mol. The van der Waals surface area contributed by atoms with Crippen molar-refractivity contribution in [1.29, 1.82) is 0 Å². The molecule has 0 amide bonds. The summed E-state index contributed by atoms with van der Waals surface area (Å²) in [5.74, 6) is 2.00. The molecular formula is C12H17N3O2. The van der Waals surface area contributed by atoms with Crippen molar-refractivity contribution in [2.75, 3.05) is 6.54 Å². The lowest BCUT2D eigenvalue weighted by molar-refractivity contribution is 0.427. The third-order valence-corrected chi connectivity index (χ3v) is 2.62. The predicted molar refractivity (Wildman–Crippen MR) is 63.5 cm³/mol. The average molecular weight is 235 g/mol. The van der Waals surface area contributed by atoms with Crippen LogP contribution in [0.1, 0.15) is 38.5 Å². The van der Waals surface area contributed by atoms with E-state index < -0.39 is 0 Å². The smallest absolute Gasteiger partial charge is 0.251 e. The number of nitrogens with zero attached hydrogens (tertiary/aromatic N) is 2. The zero-order valence-electron chi connectivity index (χ0n) is 10.4. The van der Waals surface area contributed by atoms with Crippen LogP contribution in [0, 0.1) is 0 Å². The maximum Gasteiger partial charge on any atom is 0.251 e. The van der Waals surface area contributed by atoms with Crippen molar-refractivity contribution in [3.8, 4) is 11.5 Å². The third kappa shape index (κ3) is 2.39. The van der Waals surface area contributed by atoms with Gasteiger partial charge >= 0.3 is 0 Å². The van der Waals surface area contributed by atoms with Crippen molar-refractivity contribution < 1.29 is 8.83 Å². The Labute approximate surface area is 100 Å². The minimum absolute atomic E-state index is 0.0678. The lowest BCUT2D eigenvalue weighted by Crippen LogP contribution is -2.17. The van der Waals surface area contributed by atoms with E-state index >= 15 is 0 Å². The highest BCUT2D eigenvalue weighted by Gasteiger charge is 2.17. The van der Waals surface area contributed by atoms with Crippen LogP contribution in [0.5, 0.6) is 0 Å². The number of rotatable bonds is 5. The fourth-order valence-electron chi connectivity index (χ4n) is 1.72. The molecule has 92 valence electrons. The van der Waals surface area contributed by atoms with Gasteiger partial charge in [-0.2, -0.15) is 0 Å². The maximum absolute atomic E-state index is 5.64. The largest absolute Gasteiger partial charge is 0.469 e. The lowest BCUT2D eigenvalue weighted by atomic mass is 10.2. The number of hydrogen-bond donors (Lipinski definition) is 1. The van der Waals surface area contributed by atoms with Crippen LogP contribution in [0.25, 0.3) is 11.5 Å². The standard InChI is InChI=1S/C12H17N3O2/c1-4-10-9(6-7-16-10)12-15-14-11(17-12)8(3)13-5-2/h6-8,13H,4-5H2,1-3H3. The first-order valence-electron chi connectivity index (χ1n) is 5.89. The minimum Gasteiger partial charge on any atom is -0.469 e. The van der Waals surface area contributed by atoms with Gasteiger partial charge in [-0.05, 0) is 19.5 Å². The molecule has 17 heavy (non-hydrogen) atoms. The van der Waals surface area contributed by atoms with E-state index in [1.165, 1.54) is 0 Å². The predicted octanol–water partition coefficient (Wildman–Crippen LogP) is 2.56. The highest BCUT2D eigenvalue weighted by molar-refractivity contribution is 5.54. The molecule has 0 aliphatic rings. The lowest BCUT2D eigenvalue weighted by Gasteiger charge is -2.05. The first-order valence-corrected chi connectivity index (χ1v) is 5.89. The van der Waals surface area contributed by atoms with E-state index in [9.17, 15) is 0 Å². The Morgan fingerprint density at radius 2 is 2.18 bits per heavy atom. The van der Waals surface area contributed by atoms with Gasteiger partial charge in [-0.15, -0.1) is 10.2 Å². The molecule has 0 aromatic carbocycles. The summed E-state index contributed by atoms with van der Waals surface area (Å²) in [5.41, 5.74) is 0.884. The van der Waals surface area contributed by atoms with Crippen molar-refractivity contribution >= 4 is 0 Å². The van der Waals surface area contributed by atoms with Gasteiger partial charge in [-0.25, -0.2) is 0 Å². The zero-order valence-corrected chi connectivity index (χ0v) is 10.4. The second-order valence-electron chi connectivity index (χ2n) is 3.84. The summed E-state index contributed by atoms with van der Waals surface area (Å²) in [4.78, 5) is 0. The molecule has 1 unspecified atom stereocenters. The third-order valence-electron chi connectivity index (χ3n) is 2.62. The second kappa shape index (κ2) is 5.14.